The van der Waals surface area contributed by atoms with E-state index in [0.29, 0.717) is 38.9 Å². The van der Waals surface area contributed by atoms with E-state index in [0.717, 1.165) is 9.75 Å². The Labute approximate surface area is 154 Å². The molecule has 0 aliphatic rings. The van der Waals surface area contributed by atoms with Gasteiger partial charge in [-0.1, -0.05) is 12.1 Å². The normalized spacial score (nSPS) is 11.9. The van der Waals surface area contributed by atoms with Crippen LogP contribution in [0.3, 0.4) is 0 Å². The third-order valence-corrected chi connectivity index (χ3v) is 5.35. The van der Waals surface area contributed by atoms with Gasteiger partial charge >= 0.3 is 6.09 Å². The topological polar surface area (TPSA) is 89.9 Å². The molecule has 0 saturated heterocycles. The molecule has 8 heteroatoms. The number of hydrogen-bond donors (Lipinski definition) is 3. The van der Waals surface area contributed by atoms with E-state index in [1.54, 1.807) is 27.6 Å². The molecular weight excluding hydrogens is 360 g/mol. The Bertz CT molecular complexity index is 607. The van der Waals surface area contributed by atoms with Crippen molar-refractivity contribution in [3.8, 4) is 0 Å². The van der Waals surface area contributed by atoms with Gasteiger partial charge in [-0.25, -0.2) is 4.79 Å². The zero-order chi connectivity index (χ0) is 18.1. The first-order chi connectivity index (χ1) is 12.1. The number of carboxylic acid groups (broad SMARTS) is 1. The van der Waals surface area contributed by atoms with Crippen LogP contribution < -0.4 is 5.32 Å². The summed E-state index contributed by atoms with van der Waals surface area (Å²) in [6.07, 6.45) is -0.628. The lowest BCUT2D eigenvalue weighted by Gasteiger charge is -2.24. The van der Waals surface area contributed by atoms with Crippen LogP contribution in [0.5, 0.6) is 0 Å². The minimum atomic E-state index is -1.07. The lowest BCUT2D eigenvalue weighted by Crippen LogP contribution is -2.38. The van der Waals surface area contributed by atoms with Crippen LogP contribution in [0.1, 0.15) is 29.0 Å². The molecule has 0 radical (unpaired) electrons. The molecule has 6 nitrogen and oxygen atoms in total. The maximum Gasteiger partial charge on any atom is 0.404 e. The monoisotopic (exact) mass is 382 g/mol. The summed E-state index contributed by atoms with van der Waals surface area (Å²) >= 11 is 3.17. The number of carbonyl (C=O) groups is 2. The molecule has 0 aliphatic carbocycles. The number of rotatable bonds is 10. The molecule has 2 aromatic rings. The smallest absolute Gasteiger partial charge is 0.404 e. The number of amides is 2. The molecule has 2 aromatic heterocycles. The van der Waals surface area contributed by atoms with Crippen molar-refractivity contribution in [2.75, 3.05) is 6.54 Å². The quantitative estimate of drug-likeness (QED) is 0.551. The van der Waals surface area contributed by atoms with Crippen LogP contribution in [0.2, 0.25) is 0 Å². The van der Waals surface area contributed by atoms with E-state index in [1.807, 2.05) is 35.0 Å². The third-order valence-electron chi connectivity index (χ3n) is 3.63. The van der Waals surface area contributed by atoms with Crippen molar-refractivity contribution in [2.24, 2.45) is 0 Å². The fourth-order valence-electron chi connectivity index (χ4n) is 2.39. The number of hydrogen-bond acceptors (Lipinski definition) is 5. The van der Waals surface area contributed by atoms with Crippen molar-refractivity contribution < 1.29 is 19.8 Å². The molecule has 0 aliphatic heterocycles. The zero-order valence-electron chi connectivity index (χ0n) is 13.8. The highest BCUT2D eigenvalue weighted by Crippen LogP contribution is 2.19. The summed E-state index contributed by atoms with van der Waals surface area (Å²) < 4.78 is 0. The summed E-state index contributed by atoms with van der Waals surface area (Å²) in [5.41, 5.74) is 0. The molecule has 3 N–H and O–H groups in total. The van der Waals surface area contributed by atoms with E-state index in [9.17, 15) is 14.7 Å². The molecule has 136 valence electrons. The van der Waals surface area contributed by atoms with Gasteiger partial charge in [0.25, 0.3) is 5.91 Å². The molecule has 0 bridgehead atoms. The van der Waals surface area contributed by atoms with Crippen LogP contribution in [0.25, 0.3) is 0 Å². The van der Waals surface area contributed by atoms with Gasteiger partial charge in [-0.2, -0.15) is 0 Å². The van der Waals surface area contributed by atoms with E-state index in [2.05, 4.69) is 5.32 Å². The maximum absolute atomic E-state index is 12.6. The summed E-state index contributed by atoms with van der Waals surface area (Å²) in [4.78, 5) is 26.8. The SMILES string of the molecule is O=C(O)NCCCC[C@H](O)C(=O)N(Cc1cccs1)Cc1cccs1. The van der Waals surface area contributed by atoms with Crippen LogP contribution in [0, 0.1) is 0 Å². The van der Waals surface area contributed by atoms with E-state index in [4.69, 9.17) is 5.11 Å². The van der Waals surface area contributed by atoms with Crippen molar-refractivity contribution in [2.45, 2.75) is 38.5 Å². The molecule has 0 saturated carbocycles. The highest BCUT2D eigenvalue weighted by atomic mass is 32.1. The van der Waals surface area contributed by atoms with Crippen molar-refractivity contribution >= 4 is 34.7 Å². The summed E-state index contributed by atoms with van der Waals surface area (Å²) in [6, 6.07) is 7.84. The van der Waals surface area contributed by atoms with Crippen LogP contribution in [-0.2, 0) is 17.9 Å². The van der Waals surface area contributed by atoms with Gasteiger partial charge in [0.15, 0.2) is 0 Å². The first-order valence-corrected chi connectivity index (χ1v) is 9.80. The molecule has 0 fully saturated rings. The fraction of sp³-hybridized carbons (Fsp3) is 0.412. The van der Waals surface area contributed by atoms with E-state index < -0.39 is 12.2 Å². The van der Waals surface area contributed by atoms with E-state index in [1.165, 1.54) is 0 Å². The number of aliphatic hydroxyl groups excluding tert-OH is 1. The predicted octanol–water partition coefficient (Wildman–Crippen LogP) is 3.14. The second kappa shape index (κ2) is 10.2. The van der Waals surface area contributed by atoms with Crippen molar-refractivity contribution in [3.63, 3.8) is 0 Å². The zero-order valence-corrected chi connectivity index (χ0v) is 15.4. The van der Waals surface area contributed by atoms with Gasteiger partial charge in [-0.3, -0.25) is 4.79 Å². The Morgan fingerprint density at radius 3 is 2.16 bits per heavy atom. The highest BCUT2D eigenvalue weighted by molar-refractivity contribution is 7.10. The van der Waals surface area contributed by atoms with Gasteiger partial charge in [0.05, 0.1) is 13.1 Å². The summed E-state index contributed by atoms with van der Waals surface area (Å²) in [5.74, 6) is -0.284. The average Bonchev–Trinajstić information content (AvgIpc) is 3.26. The second-order valence-corrected chi connectivity index (χ2v) is 7.66. The molecule has 0 spiro atoms. The molecule has 2 heterocycles. The minimum absolute atomic E-state index is 0.284. The number of unbranched alkanes of at least 4 members (excludes halogenated alkanes) is 1. The van der Waals surface area contributed by atoms with Gasteiger partial charge in [-0.05, 0) is 42.2 Å². The van der Waals surface area contributed by atoms with Gasteiger partial charge in [0.2, 0.25) is 0 Å². The predicted molar refractivity (Wildman–Crippen MR) is 98.8 cm³/mol. The number of nitrogens with zero attached hydrogens (tertiary/aromatic N) is 1. The van der Waals surface area contributed by atoms with Gasteiger partial charge in [0, 0.05) is 16.3 Å². The maximum atomic E-state index is 12.6. The number of nitrogens with one attached hydrogen (secondary N) is 1. The van der Waals surface area contributed by atoms with Crippen molar-refractivity contribution in [1.29, 1.82) is 0 Å². The van der Waals surface area contributed by atoms with Crippen molar-refractivity contribution in [3.05, 3.63) is 44.8 Å². The van der Waals surface area contributed by atoms with Crippen LogP contribution >= 0.6 is 22.7 Å². The molecule has 0 unspecified atom stereocenters. The third kappa shape index (κ3) is 6.85. The summed E-state index contributed by atoms with van der Waals surface area (Å²) in [7, 11) is 0. The fourth-order valence-corrected chi connectivity index (χ4v) is 3.82. The molecule has 1 atom stereocenters. The Balaban J connectivity index is 1.88. The molecule has 25 heavy (non-hydrogen) atoms. The number of thiophene rings is 2. The molecule has 2 amide bonds. The standard InChI is InChI=1S/C17H22N2O4S2/c20-15(7-1-2-8-18-17(22)23)16(21)19(11-13-5-3-9-24-13)12-14-6-4-10-25-14/h3-6,9-10,15,18,20H,1-2,7-8,11-12H2,(H,22,23)/t15-/m0/s1. The largest absolute Gasteiger partial charge is 0.465 e. The van der Waals surface area contributed by atoms with Gasteiger partial charge < -0.3 is 20.4 Å². The first kappa shape index (κ1) is 19.4. The van der Waals surface area contributed by atoms with Gasteiger partial charge in [0.1, 0.15) is 6.10 Å². The lowest BCUT2D eigenvalue weighted by molar-refractivity contribution is -0.141. The second-order valence-electron chi connectivity index (χ2n) is 5.60. The summed E-state index contributed by atoms with van der Waals surface area (Å²) in [6.45, 7) is 1.28. The van der Waals surface area contributed by atoms with Crippen LogP contribution in [0.15, 0.2) is 35.0 Å². The lowest BCUT2D eigenvalue weighted by atomic mass is 10.1. The highest BCUT2D eigenvalue weighted by Gasteiger charge is 2.23. The average molecular weight is 383 g/mol. The Morgan fingerprint density at radius 2 is 1.68 bits per heavy atom. The van der Waals surface area contributed by atoms with E-state index in [-0.39, 0.29) is 5.91 Å². The van der Waals surface area contributed by atoms with Crippen LogP contribution in [0.4, 0.5) is 4.79 Å². The van der Waals surface area contributed by atoms with Gasteiger partial charge in [-0.15, -0.1) is 22.7 Å². The van der Waals surface area contributed by atoms with Crippen molar-refractivity contribution in [1.82, 2.24) is 10.2 Å². The Kier molecular flexibility index (Phi) is 7.90. The molecule has 2 rings (SSSR count). The van der Waals surface area contributed by atoms with Crippen LogP contribution in [-0.4, -0.2) is 39.8 Å². The Hall–Kier alpha value is -1.90. The molecule has 0 aromatic carbocycles. The minimum Gasteiger partial charge on any atom is -0.465 e. The number of carbonyl (C=O) groups excluding carboxylic acids is 1. The summed E-state index contributed by atoms with van der Waals surface area (Å²) in [5, 5.41) is 24.9. The Morgan fingerprint density at radius 1 is 1.08 bits per heavy atom. The van der Waals surface area contributed by atoms with E-state index >= 15 is 0 Å². The number of aliphatic hydroxyl groups is 1. The first-order valence-electron chi connectivity index (χ1n) is 8.04. The molecular formula is C17H22N2O4S2.